The van der Waals surface area contributed by atoms with Crippen LogP contribution in [0.15, 0.2) is 5.16 Å². The second-order valence-electron chi connectivity index (χ2n) is 5.77. The standard InChI is InChI=1S/C16H28N4O3S/c1-6-8-10-12(14(21)23-5)24-15-17-13(11-9-7-2)18-20(15)16(22)19(3)4/h12H,6-11H2,1-5H3. The van der Waals surface area contributed by atoms with E-state index in [1.54, 1.807) is 14.1 Å². The van der Waals surface area contributed by atoms with Crippen molar-refractivity contribution in [1.29, 1.82) is 0 Å². The van der Waals surface area contributed by atoms with Crippen molar-refractivity contribution in [3.8, 4) is 0 Å². The first-order valence-electron chi connectivity index (χ1n) is 8.36. The Hall–Kier alpha value is -1.57. The molecule has 0 fully saturated rings. The second-order valence-corrected chi connectivity index (χ2v) is 6.94. The summed E-state index contributed by atoms with van der Waals surface area (Å²) in [4.78, 5) is 30.3. The van der Waals surface area contributed by atoms with Gasteiger partial charge in [0.1, 0.15) is 5.25 Å². The van der Waals surface area contributed by atoms with Gasteiger partial charge in [0.25, 0.3) is 0 Å². The summed E-state index contributed by atoms with van der Waals surface area (Å²) in [6, 6.07) is -0.271. The van der Waals surface area contributed by atoms with Gasteiger partial charge < -0.3 is 9.64 Å². The third kappa shape index (κ3) is 5.81. The lowest BCUT2D eigenvalue weighted by molar-refractivity contribution is -0.140. The van der Waals surface area contributed by atoms with Crippen LogP contribution in [-0.4, -0.2) is 58.1 Å². The number of rotatable bonds is 9. The van der Waals surface area contributed by atoms with E-state index in [0.29, 0.717) is 17.4 Å². The Bertz CT molecular complexity index is 545. The molecule has 0 aliphatic heterocycles. The van der Waals surface area contributed by atoms with E-state index in [0.717, 1.165) is 32.1 Å². The van der Waals surface area contributed by atoms with E-state index in [1.807, 2.05) is 0 Å². The molecule has 0 saturated heterocycles. The molecule has 0 saturated carbocycles. The number of aryl methyl sites for hydroxylation is 1. The fraction of sp³-hybridized carbons (Fsp3) is 0.750. The van der Waals surface area contributed by atoms with Crippen LogP contribution < -0.4 is 0 Å². The van der Waals surface area contributed by atoms with E-state index in [9.17, 15) is 9.59 Å². The number of aromatic nitrogens is 3. The van der Waals surface area contributed by atoms with Gasteiger partial charge in [-0.15, -0.1) is 5.10 Å². The predicted octanol–water partition coefficient (Wildman–Crippen LogP) is 2.97. The summed E-state index contributed by atoms with van der Waals surface area (Å²) < 4.78 is 6.18. The minimum atomic E-state index is -0.383. The minimum absolute atomic E-state index is 0.271. The molecule has 0 spiro atoms. The molecule has 0 radical (unpaired) electrons. The van der Waals surface area contributed by atoms with Gasteiger partial charge in [0.15, 0.2) is 11.0 Å². The Morgan fingerprint density at radius 1 is 1.25 bits per heavy atom. The van der Waals surface area contributed by atoms with Crippen LogP contribution in [0.25, 0.3) is 0 Å². The molecular weight excluding hydrogens is 328 g/mol. The summed E-state index contributed by atoms with van der Waals surface area (Å²) in [6.07, 6.45) is 5.28. The van der Waals surface area contributed by atoms with Crippen molar-refractivity contribution in [3.05, 3.63) is 5.82 Å². The van der Waals surface area contributed by atoms with E-state index in [4.69, 9.17) is 4.74 Å². The van der Waals surface area contributed by atoms with Gasteiger partial charge in [-0.3, -0.25) is 4.79 Å². The fourth-order valence-corrected chi connectivity index (χ4v) is 3.15. The van der Waals surface area contributed by atoms with Crippen LogP contribution in [0.4, 0.5) is 4.79 Å². The van der Waals surface area contributed by atoms with E-state index < -0.39 is 0 Å². The maximum atomic E-state index is 12.3. The van der Waals surface area contributed by atoms with Gasteiger partial charge in [-0.1, -0.05) is 44.9 Å². The normalized spacial score (nSPS) is 12.0. The largest absolute Gasteiger partial charge is 0.468 e. The van der Waals surface area contributed by atoms with Crippen molar-refractivity contribution in [1.82, 2.24) is 19.7 Å². The first-order valence-corrected chi connectivity index (χ1v) is 9.24. The topological polar surface area (TPSA) is 77.3 Å². The lowest BCUT2D eigenvalue weighted by Crippen LogP contribution is -2.29. The zero-order valence-electron chi connectivity index (χ0n) is 15.2. The zero-order valence-corrected chi connectivity index (χ0v) is 16.1. The Morgan fingerprint density at radius 2 is 1.92 bits per heavy atom. The van der Waals surface area contributed by atoms with Gasteiger partial charge in [-0.2, -0.15) is 4.68 Å². The van der Waals surface area contributed by atoms with Crippen molar-refractivity contribution in [2.75, 3.05) is 21.2 Å². The summed E-state index contributed by atoms with van der Waals surface area (Å²) in [5, 5.41) is 4.40. The monoisotopic (exact) mass is 356 g/mol. The molecule has 0 aliphatic carbocycles. The van der Waals surface area contributed by atoms with Crippen LogP contribution in [0.3, 0.4) is 0 Å². The number of ether oxygens (including phenoxy) is 1. The molecule has 1 heterocycles. The number of hydrogen-bond donors (Lipinski definition) is 0. The Kier molecular flexibility index (Phi) is 8.81. The molecule has 1 unspecified atom stereocenters. The molecule has 8 heteroatoms. The number of hydrogen-bond acceptors (Lipinski definition) is 6. The quantitative estimate of drug-likeness (QED) is 0.500. The molecule has 7 nitrogen and oxygen atoms in total. The molecule has 1 aromatic rings. The van der Waals surface area contributed by atoms with E-state index in [-0.39, 0.29) is 17.3 Å². The maximum absolute atomic E-state index is 12.3. The van der Waals surface area contributed by atoms with Crippen LogP contribution in [0.5, 0.6) is 0 Å². The van der Waals surface area contributed by atoms with Crippen molar-refractivity contribution < 1.29 is 14.3 Å². The number of esters is 1. The van der Waals surface area contributed by atoms with Crippen LogP contribution >= 0.6 is 11.8 Å². The van der Waals surface area contributed by atoms with Crippen molar-refractivity contribution in [2.24, 2.45) is 0 Å². The maximum Gasteiger partial charge on any atom is 0.346 e. The number of methoxy groups -OCH3 is 1. The molecular formula is C16H28N4O3S. The third-order valence-corrected chi connectivity index (χ3v) is 4.66. The van der Waals surface area contributed by atoms with Gasteiger partial charge >= 0.3 is 12.0 Å². The number of nitrogens with zero attached hydrogens (tertiary/aromatic N) is 4. The molecule has 0 aromatic carbocycles. The molecule has 136 valence electrons. The van der Waals surface area contributed by atoms with Crippen LogP contribution in [0.1, 0.15) is 51.8 Å². The highest BCUT2D eigenvalue weighted by Crippen LogP contribution is 2.27. The molecule has 1 atom stereocenters. The summed E-state index contributed by atoms with van der Waals surface area (Å²) >= 11 is 1.26. The molecule has 1 amide bonds. The van der Waals surface area contributed by atoms with Crippen molar-refractivity contribution in [2.45, 2.75) is 62.8 Å². The zero-order chi connectivity index (χ0) is 18.1. The van der Waals surface area contributed by atoms with Crippen LogP contribution in [-0.2, 0) is 16.0 Å². The smallest absolute Gasteiger partial charge is 0.346 e. The van der Waals surface area contributed by atoms with Crippen molar-refractivity contribution in [3.63, 3.8) is 0 Å². The van der Waals surface area contributed by atoms with E-state index in [1.165, 1.54) is 28.5 Å². The number of carbonyl (C=O) groups excluding carboxylic acids is 2. The molecule has 1 aromatic heterocycles. The van der Waals surface area contributed by atoms with Gasteiger partial charge in [0.05, 0.1) is 7.11 Å². The summed E-state index contributed by atoms with van der Waals surface area (Å²) in [5.41, 5.74) is 0. The Morgan fingerprint density at radius 3 is 2.46 bits per heavy atom. The Balaban J connectivity index is 3.05. The highest BCUT2D eigenvalue weighted by Gasteiger charge is 2.26. The van der Waals surface area contributed by atoms with Crippen LogP contribution in [0, 0.1) is 0 Å². The summed E-state index contributed by atoms with van der Waals surface area (Å²) in [6.45, 7) is 4.16. The fourth-order valence-electron chi connectivity index (χ4n) is 2.04. The predicted molar refractivity (Wildman–Crippen MR) is 94.3 cm³/mol. The summed E-state index contributed by atoms with van der Waals surface area (Å²) in [7, 11) is 4.71. The number of amides is 1. The van der Waals surface area contributed by atoms with Gasteiger partial charge in [0.2, 0.25) is 0 Å². The lowest BCUT2D eigenvalue weighted by Gasteiger charge is -2.15. The highest BCUT2D eigenvalue weighted by molar-refractivity contribution is 8.00. The van der Waals surface area contributed by atoms with E-state index >= 15 is 0 Å². The lowest BCUT2D eigenvalue weighted by atomic mass is 10.2. The third-order valence-electron chi connectivity index (χ3n) is 3.47. The van der Waals surface area contributed by atoms with Gasteiger partial charge in [-0.25, -0.2) is 9.78 Å². The number of thioether (sulfide) groups is 1. The van der Waals surface area contributed by atoms with Gasteiger partial charge in [0, 0.05) is 20.5 Å². The minimum Gasteiger partial charge on any atom is -0.468 e. The number of carbonyl (C=O) groups is 2. The molecule has 0 bridgehead atoms. The SMILES string of the molecule is CCCCc1nc(SC(CCCC)C(=O)OC)n(C(=O)N(C)C)n1. The second kappa shape index (κ2) is 10.3. The molecule has 0 N–H and O–H groups in total. The highest BCUT2D eigenvalue weighted by atomic mass is 32.2. The van der Waals surface area contributed by atoms with E-state index in [2.05, 4.69) is 23.9 Å². The number of unbranched alkanes of at least 4 members (excludes halogenated alkanes) is 2. The molecule has 24 heavy (non-hydrogen) atoms. The molecule has 1 rings (SSSR count). The first-order chi connectivity index (χ1) is 11.4. The average Bonchev–Trinajstić information content (AvgIpc) is 2.97. The Labute approximate surface area is 148 Å². The first kappa shape index (κ1) is 20.5. The van der Waals surface area contributed by atoms with Crippen LogP contribution in [0.2, 0.25) is 0 Å². The molecule has 0 aliphatic rings. The van der Waals surface area contributed by atoms with Crippen molar-refractivity contribution >= 4 is 23.8 Å². The summed E-state index contributed by atoms with van der Waals surface area (Å²) in [5.74, 6) is 0.337. The van der Waals surface area contributed by atoms with Gasteiger partial charge in [-0.05, 0) is 12.8 Å². The average molecular weight is 356 g/mol.